The quantitative estimate of drug-likeness (QED) is 0.606. The molecular weight excluding hydrogens is 142 g/mol. The highest BCUT2D eigenvalue weighted by atomic mass is 16.1. The largest absolute Gasteiger partial charge is 0.384 e. The number of rotatable bonds is 2. The Hall–Kier alpha value is -1.58. The molecule has 0 aliphatic carbocycles. The maximum absolute atomic E-state index is 10.0. The molecule has 0 bridgehead atoms. The van der Waals surface area contributed by atoms with Gasteiger partial charge in [-0.3, -0.25) is 4.79 Å². The number of carbonyl (C=O) groups excluding carboxylic acids is 1. The molecule has 1 heterocycles. The van der Waals surface area contributed by atoms with Crippen LogP contribution in [0.1, 0.15) is 5.69 Å². The predicted octanol–water partition coefficient (Wildman–Crippen LogP) is 0.541. The van der Waals surface area contributed by atoms with Crippen molar-refractivity contribution in [1.82, 2.24) is 4.98 Å². The predicted molar refractivity (Wildman–Crippen MR) is 43.1 cm³/mol. The fourth-order valence-electron chi connectivity index (χ4n) is 0.796. The first-order valence-corrected chi connectivity index (χ1v) is 3.17. The smallest absolute Gasteiger partial charge is 0.211 e. The van der Waals surface area contributed by atoms with Crippen molar-refractivity contribution in [2.24, 2.45) is 0 Å². The minimum Gasteiger partial charge on any atom is -0.384 e. The Morgan fingerprint density at radius 2 is 2.36 bits per heavy atom. The Labute approximate surface area is 64.4 Å². The van der Waals surface area contributed by atoms with Crippen LogP contribution in [0, 0.1) is 6.92 Å². The fourth-order valence-corrected chi connectivity index (χ4v) is 0.796. The van der Waals surface area contributed by atoms with E-state index in [1.54, 1.807) is 19.1 Å². The first-order valence-electron chi connectivity index (χ1n) is 3.17. The lowest BCUT2D eigenvalue weighted by Gasteiger charge is -2.02. The maximum atomic E-state index is 10.0. The van der Waals surface area contributed by atoms with Crippen LogP contribution in [0.3, 0.4) is 0 Å². The number of pyridine rings is 1. The van der Waals surface area contributed by atoms with E-state index >= 15 is 0 Å². The van der Waals surface area contributed by atoms with Gasteiger partial charge in [0.1, 0.15) is 5.82 Å². The van der Waals surface area contributed by atoms with E-state index in [1.807, 2.05) is 0 Å². The minimum absolute atomic E-state index is 0.457. The van der Waals surface area contributed by atoms with Gasteiger partial charge in [-0.1, -0.05) is 0 Å². The van der Waals surface area contributed by atoms with Crippen molar-refractivity contribution >= 4 is 17.9 Å². The number of nitrogens with one attached hydrogen (secondary N) is 1. The van der Waals surface area contributed by atoms with E-state index in [0.717, 1.165) is 5.69 Å². The summed E-state index contributed by atoms with van der Waals surface area (Å²) < 4.78 is 0. The van der Waals surface area contributed by atoms with E-state index < -0.39 is 0 Å². The van der Waals surface area contributed by atoms with Crippen molar-refractivity contribution in [3.63, 3.8) is 0 Å². The minimum atomic E-state index is 0.457. The third-order valence-corrected chi connectivity index (χ3v) is 1.32. The molecule has 0 spiro atoms. The van der Waals surface area contributed by atoms with Crippen LogP contribution in [0.5, 0.6) is 0 Å². The summed E-state index contributed by atoms with van der Waals surface area (Å²) in [4.78, 5) is 14.0. The fraction of sp³-hybridized carbons (Fsp3) is 0.143. The molecule has 3 N–H and O–H groups in total. The second-order valence-electron chi connectivity index (χ2n) is 2.13. The highest BCUT2D eigenvalue weighted by Gasteiger charge is 1.96. The van der Waals surface area contributed by atoms with Crippen LogP contribution in [0.25, 0.3) is 0 Å². The summed E-state index contributed by atoms with van der Waals surface area (Å²) in [6.45, 7) is 1.78. The van der Waals surface area contributed by atoms with Crippen LogP contribution < -0.4 is 11.1 Å². The van der Waals surface area contributed by atoms with E-state index in [0.29, 0.717) is 17.9 Å². The van der Waals surface area contributed by atoms with Crippen molar-refractivity contribution < 1.29 is 4.79 Å². The molecule has 4 heteroatoms. The lowest BCUT2D eigenvalue weighted by molar-refractivity contribution is -0.105. The number of carbonyl (C=O) groups is 1. The van der Waals surface area contributed by atoms with E-state index in [-0.39, 0.29) is 0 Å². The van der Waals surface area contributed by atoms with Gasteiger partial charge in [-0.2, -0.15) is 0 Å². The summed E-state index contributed by atoms with van der Waals surface area (Å²) in [5.74, 6) is 0.457. The Balaban J connectivity index is 2.98. The summed E-state index contributed by atoms with van der Waals surface area (Å²) in [6.07, 6.45) is 0.611. The lowest BCUT2D eigenvalue weighted by atomic mass is 10.3. The number of anilines is 2. The van der Waals surface area contributed by atoms with Gasteiger partial charge >= 0.3 is 0 Å². The molecule has 0 fully saturated rings. The number of hydrogen-bond donors (Lipinski definition) is 2. The number of nitrogens with two attached hydrogens (primary N) is 1. The number of nitrogens with zero attached hydrogens (tertiary/aromatic N) is 1. The molecule has 58 valence electrons. The summed E-state index contributed by atoms with van der Waals surface area (Å²) >= 11 is 0. The average molecular weight is 151 g/mol. The Morgan fingerprint density at radius 3 is 2.91 bits per heavy atom. The summed E-state index contributed by atoms with van der Waals surface area (Å²) in [7, 11) is 0. The molecule has 0 radical (unpaired) electrons. The summed E-state index contributed by atoms with van der Waals surface area (Å²) in [6, 6.07) is 3.35. The van der Waals surface area contributed by atoms with Gasteiger partial charge in [0.05, 0.1) is 11.4 Å². The van der Waals surface area contributed by atoms with Gasteiger partial charge in [0, 0.05) is 0 Å². The third-order valence-electron chi connectivity index (χ3n) is 1.32. The molecule has 11 heavy (non-hydrogen) atoms. The van der Waals surface area contributed by atoms with E-state index in [4.69, 9.17) is 5.73 Å². The number of hydrogen-bond acceptors (Lipinski definition) is 3. The molecule has 1 rings (SSSR count). The van der Waals surface area contributed by atoms with Crippen LogP contribution in [-0.4, -0.2) is 11.4 Å². The van der Waals surface area contributed by atoms with E-state index in [1.165, 1.54) is 0 Å². The Morgan fingerprint density at radius 1 is 1.64 bits per heavy atom. The number of aryl methyl sites for hydroxylation is 1. The molecule has 4 nitrogen and oxygen atoms in total. The van der Waals surface area contributed by atoms with Crippen LogP contribution >= 0.6 is 0 Å². The molecule has 1 aromatic rings. The Bertz CT molecular complexity index is 272. The molecule has 0 saturated heterocycles. The summed E-state index contributed by atoms with van der Waals surface area (Å²) in [5, 5.41) is 2.50. The van der Waals surface area contributed by atoms with Crippen LogP contribution in [-0.2, 0) is 4.79 Å². The highest BCUT2D eigenvalue weighted by molar-refractivity contribution is 5.72. The van der Waals surface area contributed by atoms with Crippen LogP contribution in [0.15, 0.2) is 12.1 Å². The average Bonchev–Trinajstić information content (AvgIpc) is 1.95. The van der Waals surface area contributed by atoms with Crippen molar-refractivity contribution in [2.45, 2.75) is 6.92 Å². The molecule has 0 atom stereocenters. The van der Waals surface area contributed by atoms with Gasteiger partial charge in [-0.05, 0) is 19.1 Å². The van der Waals surface area contributed by atoms with Crippen molar-refractivity contribution in [1.29, 1.82) is 0 Å². The number of nitrogen functional groups attached to an aromatic ring is 1. The van der Waals surface area contributed by atoms with E-state index in [2.05, 4.69) is 10.3 Å². The van der Waals surface area contributed by atoms with Gasteiger partial charge in [0.2, 0.25) is 6.41 Å². The van der Waals surface area contributed by atoms with Crippen molar-refractivity contribution in [2.75, 3.05) is 11.1 Å². The van der Waals surface area contributed by atoms with Crippen molar-refractivity contribution in [3.8, 4) is 0 Å². The van der Waals surface area contributed by atoms with Crippen LogP contribution in [0.4, 0.5) is 11.5 Å². The zero-order valence-corrected chi connectivity index (χ0v) is 6.16. The van der Waals surface area contributed by atoms with Gasteiger partial charge in [-0.25, -0.2) is 4.98 Å². The SMILES string of the molecule is Cc1nc(N)ccc1NC=O. The highest BCUT2D eigenvalue weighted by Crippen LogP contribution is 2.12. The molecule has 1 amide bonds. The molecule has 1 aromatic heterocycles. The lowest BCUT2D eigenvalue weighted by Crippen LogP contribution is -1.99. The normalized spacial score (nSPS) is 9.18. The van der Waals surface area contributed by atoms with Gasteiger partial charge < -0.3 is 11.1 Å². The van der Waals surface area contributed by atoms with E-state index in [9.17, 15) is 4.79 Å². The topological polar surface area (TPSA) is 68.0 Å². The molecule has 0 saturated carbocycles. The monoisotopic (exact) mass is 151 g/mol. The van der Waals surface area contributed by atoms with Crippen molar-refractivity contribution in [3.05, 3.63) is 17.8 Å². The first kappa shape index (κ1) is 7.53. The molecule has 0 aromatic carbocycles. The molecule has 0 aliphatic heterocycles. The second kappa shape index (κ2) is 3.01. The maximum Gasteiger partial charge on any atom is 0.211 e. The standard InChI is InChI=1S/C7H9N3O/c1-5-6(9-4-11)2-3-7(8)10-5/h2-4H,1H3,(H2,8,10)(H,9,11). The molecular formula is C7H9N3O. The first-order chi connectivity index (χ1) is 5.24. The number of amides is 1. The van der Waals surface area contributed by atoms with Gasteiger partial charge in [0.15, 0.2) is 0 Å². The van der Waals surface area contributed by atoms with Gasteiger partial charge in [-0.15, -0.1) is 0 Å². The number of aromatic nitrogens is 1. The third kappa shape index (κ3) is 1.67. The second-order valence-corrected chi connectivity index (χ2v) is 2.13. The zero-order valence-electron chi connectivity index (χ0n) is 6.16. The zero-order chi connectivity index (χ0) is 8.27. The Kier molecular flexibility index (Phi) is 2.06. The van der Waals surface area contributed by atoms with Crippen LogP contribution in [0.2, 0.25) is 0 Å². The summed E-state index contributed by atoms with van der Waals surface area (Å²) in [5.41, 5.74) is 6.81. The van der Waals surface area contributed by atoms with Gasteiger partial charge in [0.25, 0.3) is 0 Å². The molecule has 0 aliphatic rings. The molecule has 0 unspecified atom stereocenters.